The van der Waals surface area contributed by atoms with Gasteiger partial charge in [0.1, 0.15) is 5.75 Å². The van der Waals surface area contributed by atoms with Gasteiger partial charge in [-0.1, -0.05) is 0 Å². The van der Waals surface area contributed by atoms with E-state index >= 15 is 0 Å². The van der Waals surface area contributed by atoms with E-state index < -0.39 is 0 Å². The monoisotopic (exact) mass is 265 g/mol. The number of nitrogen functional groups attached to an aromatic ring is 1. The molecule has 3 N–H and O–H groups in total. The van der Waals surface area contributed by atoms with E-state index in [1.54, 1.807) is 13.2 Å². The van der Waals surface area contributed by atoms with Gasteiger partial charge in [-0.25, -0.2) is 0 Å². The van der Waals surface area contributed by atoms with Gasteiger partial charge in [-0.3, -0.25) is 4.79 Å². The summed E-state index contributed by atoms with van der Waals surface area (Å²) in [4.78, 5) is 13.6. The Morgan fingerprint density at radius 3 is 2.58 bits per heavy atom. The summed E-state index contributed by atoms with van der Waals surface area (Å²) in [7, 11) is 1.60. The number of rotatable bonds is 7. The van der Waals surface area contributed by atoms with Crippen LogP contribution in [0.2, 0.25) is 0 Å². The smallest absolute Gasteiger partial charge is 0.224 e. The van der Waals surface area contributed by atoms with Crippen LogP contribution in [0.4, 0.5) is 11.4 Å². The first-order chi connectivity index (χ1) is 9.10. The number of amides is 1. The summed E-state index contributed by atoms with van der Waals surface area (Å²) in [5, 5.41) is 3.19. The molecule has 1 aromatic rings. The molecular weight excluding hydrogens is 242 g/mol. The number of methoxy groups -OCH3 is 1. The Balaban J connectivity index is 2.49. The number of nitrogens with zero attached hydrogens (tertiary/aromatic N) is 1. The maximum Gasteiger partial charge on any atom is 0.224 e. The third-order valence-electron chi connectivity index (χ3n) is 2.95. The highest BCUT2D eigenvalue weighted by Gasteiger charge is 2.08. The summed E-state index contributed by atoms with van der Waals surface area (Å²) >= 11 is 0. The van der Waals surface area contributed by atoms with Crippen LogP contribution in [-0.2, 0) is 4.79 Å². The average Bonchev–Trinajstić information content (AvgIpc) is 2.39. The van der Waals surface area contributed by atoms with Gasteiger partial charge >= 0.3 is 0 Å². The molecule has 19 heavy (non-hydrogen) atoms. The van der Waals surface area contributed by atoms with Gasteiger partial charge in [-0.15, -0.1) is 0 Å². The Morgan fingerprint density at radius 1 is 1.32 bits per heavy atom. The molecule has 0 heterocycles. The highest BCUT2D eigenvalue weighted by atomic mass is 16.5. The highest BCUT2D eigenvalue weighted by Crippen LogP contribution is 2.22. The molecule has 0 aliphatic heterocycles. The first kappa shape index (κ1) is 15.1. The topological polar surface area (TPSA) is 67.6 Å². The van der Waals surface area contributed by atoms with Crippen molar-refractivity contribution in [3.63, 3.8) is 0 Å². The van der Waals surface area contributed by atoms with Crippen LogP contribution in [-0.4, -0.2) is 37.6 Å². The summed E-state index contributed by atoms with van der Waals surface area (Å²) in [5.74, 6) is 0.867. The molecule has 1 amide bonds. The summed E-state index contributed by atoms with van der Waals surface area (Å²) in [6, 6.07) is 5.44. The van der Waals surface area contributed by atoms with Crippen molar-refractivity contribution in [2.75, 3.05) is 37.8 Å². The number of hydrogen-bond donors (Lipinski definition) is 2. The van der Waals surface area contributed by atoms with E-state index in [4.69, 9.17) is 10.5 Å². The molecule has 0 fully saturated rings. The van der Waals surface area contributed by atoms with Gasteiger partial charge in [-0.05, 0) is 19.9 Å². The lowest BCUT2D eigenvalue weighted by atomic mass is 10.2. The number of nitrogens with two attached hydrogens (primary N) is 1. The van der Waals surface area contributed by atoms with E-state index in [9.17, 15) is 4.79 Å². The van der Waals surface area contributed by atoms with Gasteiger partial charge in [0.15, 0.2) is 0 Å². The van der Waals surface area contributed by atoms with Crippen molar-refractivity contribution in [2.45, 2.75) is 20.3 Å². The van der Waals surface area contributed by atoms with Crippen LogP contribution in [0.5, 0.6) is 5.75 Å². The molecule has 0 saturated heterocycles. The summed E-state index contributed by atoms with van der Waals surface area (Å²) in [6.07, 6.45) is 0.471. The third-order valence-corrected chi connectivity index (χ3v) is 2.95. The molecule has 0 aromatic heterocycles. The lowest BCUT2D eigenvalue weighted by Crippen LogP contribution is -2.31. The van der Waals surface area contributed by atoms with Crippen LogP contribution in [0.1, 0.15) is 20.3 Å². The Kier molecular flexibility index (Phi) is 5.99. The largest absolute Gasteiger partial charge is 0.497 e. The van der Waals surface area contributed by atoms with Gasteiger partial charge in [0, 0.05) is 49.6 Å². The van der Waals surface area contributed by atoms with Crippen molar-refractivity contribution in [2.24, 2.45) is 0 Å². The second-order valence-electron chi connectivity index (χ2n) is 4.24. The minimum atomic E-state index is 0.161. The molecule has 0 spiro atoms. The maximum absolute atomic E-state index is 11.8. The molecule has 5 heteroatoms. The van der Waals surface area contributed by atoms with Crippen LogP contribution >= 0.6 is 0 Å². The molecule has 0 aliphatic carbocycles. The van der Waals surface area contributed by atoms with Crippen LogP contribution in [0.3, 0.4) is 0 Å². The van der Waals surface area contributed by atoms with Crippen molar-refractivity contribution in [3.05, 3.63) is 18.2 Å². The Bertz CT molecular complexity index is 417. The summed E-state index contributed by atoms with van der Waals surface area (Å²) in [6.45, 7) is 6.06. The number of hydrogen-bond acceptors (Lipinski definition) is 4. The zero-order chi connectivity index (χ0) is 14.3. The second-order valence-corrected chi connectivity index (χ2v) is 4.24. The normalized spacial score (nSPS) is 10.1. The van der Waals surface area contributed by atoms with E-state index in [0.717, 1.165) is 18.8 Å². The van der Waals surface area contributed by atoms with Crippen molar-refractivity contribution in [3.8, 4) is 5.75 Å². The van der Waals surface area contributed by atoms with Crippen molar-refractivity contribution >= 4 is 17.3 Å². The number of carbonyl (C=O) groups is 1. The quantitative estimate of drug-likeness (QED) is 0.739. The Labute approximate surface area is 114 Å². The van der Waals surface area contributed by atoms with Crippen LogP contribution in [0.15, 0.2) is 18.2 Å². The van der Waals surface area contributed by atoms with E-state index in [2.05, 4.69) is 5.32 Å². The molecule has 5 nitrogen and oxygen atoms in total. The fourth-order valence-electron chi connectivity index (χ4n) is 1.89. The molecule has 0 aliphatic rings. The van der Waals surface area contributed by atoms with E-state index in [1.807, 2.05) is 30.9 Å². The number of anilines is 2. The molecule has 106 valence electrons. The van der Waals surface area contributed by atoms with Gasteiger partial charge in [0.2, 0.25) is 5.91 Å². The molecule has 0 radical (unpaired) electrons. The predicted molar refractivity (Wildman–Crippen MR) is 78.4 cm³/mol. The first-order valence-corrected chi connectivity index (χ1v) is 6.56. The molecule has 1 rings (SSSR count). The van der Waals surface area contributed by atoms with Gasteiger partial charge < -0.3 is 20.7 Å². The van der Waals surface area contributed by atoms with Crippen molar-refractivity contribution in [1.82, 2.24) is 4.90 Å². The number of benzene rings is 1. The Hall–Kier alpha value is -1.91. The molecule has 0 atom stereocenters. The maximum atomic E-state index is 11.8. The number of carbonyl (C=O) groups excluding carboxylic acids is 1. The first-order valence-electron chi connectivity index (χ1n) is 6.56. The molecular formula is C14H23N3O2. The fourth-order valence-corrected chi connectivity index (χ4v) is 1.89. The van der Waals surface area contributed by atoms with Gasteiger partial charge in [0.05, 0.1) is 7.11 Å². The second kappa shape index (κ2) is 7.51. The average molecular weight is 265 g/mol. The third kappa shape index (κ3) is 4.69. The zero-order valence-electron chi connectivity index (χ0n) is 11.9. The Morgan fingerprint density at radius 2 is 2.00 bits per heavy atom. The lowest BCUT2D eigenvalue weighted by molar-refractivity contribution is -0.130. The van der Waals surface area contributed by atoms with Crippen LogP contribution in [0.25, 0.3) is 0 Å². The molecule has 0 bridgehead atoms. The minimum absolute atomic E-state index is 0.161. The van der Waals surface area contributed by atoms with E-state index in [1.165, 1.54) is 0 Å². The SMILES string of the molecule is CCN(CC)C(=O)CCNc1cc(N)cc(OC)c1. The van der Waals surface area contributed by atoms with Crippen LogP contribution in [0, 0.1) is 0 Å². The van der Waals surface area contributed by atoms with Crippen molar-refractivity contribution in [1.29, 1.82) is 0 Å². The van der Waals surface area contributed by atoms with E-state index in [-0.39, 0.29) is 5.91 Å². The zero-order valence-corrected chi connectivity index (χ0v) is 11.9. The van der Waals surface area contributed by atoms with E-state index in [0.29, 0.717) is 24.4 Å². The molecule has 0 unspecified atom stereocenters. The molecule has 1 aromatic carbocycles. The number of nitrogens with one attached hydrogen (secondary N) is 1. The van der Waals surface area contributed by atoms with Gasteiger partial charge in [-0.2, -0.15) is 0 Å². The minimum Gasteiger partial charge on any atom is -0.497 e. The van der Waals surface area contributed by atoms with Crippen molar-refractivity contribution < 1.29 is 9.53 Å². The summed E-state index contributed by atoms with van der Waals surface area (Å²) in [5.41, 5.74) is 7.26. The summed E-state index contributed by atoms with van der Waals surface area (Å²) < 4.78 is 5.14. The standard InChI is InChI=1S/C14H23N3O2/c1-4-17(5-2)14(18)6-7-16-12-8-11(15)9-13(10-12)19-3/h8-10,16H,4-7,15H2,1-3H3. The fraction of sp³-hybridized carbons (Fsp3) is 0.500. The highest BCUT2D eigenvalue weighted by molar-refractivity contribution is 5.76. The van der Waals surface area contributed by atoms with Gasteiger partial charge in [0.25, 0.3) is 0 Å². The lowest BCUT2D eigenvalue weighted by Gasteiger charge is -2.18. The molecule has 0 saturated carbocycles. The predicted octanol–water partition coefficient (Wildman–Crippen LogP) is 1.95. The van der Waals surface area contributed by atoms with Crippen LogP contribution < -0.4 is 15.8 Å². The number of ether oxygens (including phenoxy) is 1.